The number of nitrogens with zero attached hydrogens (tertiary/aromatic N) is 2. The Kier molecular flexibility index (Phi) is 4.25. The van der Waals surface area contributed by atoms with Crippen molar-refractivity contribution in [1.82, 2.24) is 9.80 Å². The van der Waals surface area contributed by atoms with Crippen molar-refractivity contribution < 1.29 is 9.90 Å². The van der Waals surface area contributed by atoms with E-state index in [0.717, 1.165) is 19.5 Å². The third-order valence-corrected chi connectivity index (χ3v) is 4.51. The van der Waals surface area contributed by atoms with E-state index in [1.807, 2.05) is 0 Å². The van der Waals surface area contributed by atoms with Crippen molar-refractivity contribution in [2.75, 3.05) is 33.2 Å². The molecule has 0 aromatic carbocycles. The van der Waals surface area contributed by atoms with E-state index in [4.69, 9.17) is 10.8 Å². The van der Waals surface area contributed by atoms with Gasteiger partial charge in [0.25, 0.3) is 0 Å². The van der Waals surface area contributed by atoms with Gasteiger partial charge in [0.05, 0.1) is 0 Å². The Labute approximate surface area is 109 Å². The SMILES string of the molecule is CN1CCCCC1CCN1CCC(N)(C(=O)O)C1. The van der Waals surface area contributed by atoms with Crippen LogP contribution in [0, 0.1) is 0 Å². The Morgan fingerprint density at radius 1 is 1.44 bits per heavy atom. The Morgan fingerprint density at radius 2 is 2.22 bits per heavy atom. The van der Waals surface area contributed by atoms with Crippen molar-refractivity contribution in [3.63, 3.8) is 0 Å². The third kappa shape index (κ3) is 3.02. The molecule has 0 aliphatic carbocycles. The third-order valence-electron chi connectivity index (χ3n) is 4.51. The molecule has 2 saturated heterocycles. The lowest BCUT2D eigenvalue weighted by Gasteiger charge is -2.33. The number of rotatable bonds is 4. The minimum atomic E-state index is -1.02. The Bertz CT molecular complexity index is 311. The van der Waals surface area contributed by atoms with Crippen LogP contribution in [-0.2, 0) is 4.79 Å². The first-order valence-corrected chi connectivity index (χ1v) is 6.96. The van der Waals surface area contributed by atoms with Crippen LogP contribution < -0.4 is 5.73 Å². The number of aliphatic carboxylic acids is 1. The van der Waals surface area contributed by atoms with Crippen LogP contribution in [0.2, 0.25) is 0 Å². The number of hydrogen-bond acceptors (Lipinski definition) is 4. The molecule has 104 valence electrons. The molecule has 2 unspecified atom stereocenters. The number of carboxylic acids is 1. The minimum absolute atomic E-state index is 0.499. The zero-order valence-corrected chi connectivity index (χ0v) is 11.3. The molecule has 18 heavy (non-hydrogen) atoms. The number of hydrogen-bond donors (Lipinski definition) is 2. The second-order valence-electron chi connectivity index (χ2n) is 5.91. The van der Waals surface area contributed by atoms with Gasteiger partial charge < -0.3 is 20.6 Å². The fourth-order valence-corrected chi connectivity index (χ4v) is 3.12. The lowest BCUT2D eigenvalue weighted by Crippen LogP contribution is -2.50. The zero-order valence-electron chi connectivity index (χ0n) is 11.3. The van der Waals surface area contributed by atoms with Crippen LogP contribution >= 0.6 is 0 Å². The van der Waals surface area contributed by atoms with Crippen LogP contribution in [0.1, 0.15) is 32.1 Å². The summed E-state index contributed by atoms with van der Waals surface area (Å²) >= 11 is 0. The number of piperidine rings is 1. The topological polar surface area (TPSA) is 69.8 Å². The molecule has 2 heterocycles. The van der Waals surface area contributed by atoms with Crippen molar-refractivity contribution in [3.05, 3.63) is 0 Å². The van der Waals surface area contributed by atoms with E-state index in [0.29, 0.717) is 19.0 Å². The molecule has 2 rings (SSSR count). The van der Waals surface area contributed by atoms with E-state index in [-0.39, 0.29) is 0 Å². The largest absolute Gasteiger partial charge is 0.480 e. The summed E-state index contributed by atoms with van der Waals surface area (Å²) < 4.78 is 0. The fraction of sp³-hybridized carbons (Fsp3) is 0.923. The molecule has 5 nitrogen and oxygen atoms in total. The fourth-order valence-electron chi connectivity index (χ4n) is 3.12. The van der Waals surface area contributed by atoms with Gasteiger partial charge in [-0.25, -0.2) is 0 Å². The van der Waals surface area contributed by atoms with E-state index < -0.39 is 11.5 Å². The smallest absolute Gasteiger partial charge is 0.325 e. The maximum absolute atomic E-state index is 11.1. The first-order valence-electron chi connectivity index (χ1n) is 6.96. The van der Waals surface area contributed by atoms with E-state index in [2.05, 4.69) is 16.8 Å². The van der Waals surface area contributed by atoms with E-state index in [1.54, 1.807) is 0 Å². The number of likely N-dealkylation sites (tertiary alicyclic amines) is 2. The molecule has 2 aliphatic rings. The lowest BCUT2D eigenvalue weighted by molar-refractivity contribution is -0.142. The molecule has 0 spiro atoms. The second-order valence-corrected chi connectivity index (χ2v) is 5.91. The Balaban J connectivity index is 1.76. The van der Waals surface area contributed by atoms with Crippen molar-refractivity contribution in [2.24, 2.45) is 5.73 Å². The monoisotopic (exact) mass is 255 g/mol. The van der Waals surface area contributed by atoms with Crippen LogP contribution in [-0.4, -0.2) is 65.7 Å². The maximum atomic E-state index is 11.1. The summed E-state index contributed by atoms with van der Waals surface area (Å²) in [6.07, 6.45) is 5.61. The van der Waals surface area contributed by atoms with E-state index in [9.17, 15) is 4.79 Å². The molecular weight excluding hydrogens is 230 g/mol. The molecule has 0 radical (unpaired) electrons. The zero-order chi connectivity index (χ0) is 13.2. The van der Waals surface area contributed by atoms with Crippen LogP contribution in [0.5, 0.6) is 0 Å². The highest BCUT2D eigenvalue weighted by Crippen LogP contribution is 2.22. The van der Waals surface area contributed by atoms with Crippen LogP contribution in [0.15, 0.2) is 0 Å². The van der Waals surface area contributed by atoms with E-state index >= 15 is 0 Å². The molecule has 0 aromatic rings. The highest BCUT2D eigenvalue weighted by atomic mass is 16.4. The first kappa shape index (κ1) is 13.8. The number of carboxylic acid groups (broad SMARTS) is 1. The van der Waals surface area contributed by atoms with Gasteiger partial charge in [0.15, 0.2) is 0 Å². The summed E-state index contributed by atoms with van der Waals surface area (Å²) in [5.41, 5.74) is 4.86. The summed E-state index contributed by atoms with van der Waals surface area (Å²) in [7, 11) is 2.19. The van der Waals surface area contributed by atoms with Crippen molar-refractivity contribution >= 4 is 5.97 Å². The average Bonchev–Trinajstić information content (AvgIpc) is 2.72. The molecule has 0 bridgehead atoms. The van der Waals surface area contributed by atoms with Gasteiger partial charge in [-0.2, -0.15) is 0 Å². The minimum Gasteiger partial charge on any atom is -0.480 e. The van der Waals surface area contributed by atoms with Gasteiger partial charge in [-0.15, -0.1) is 0 Å². The predicted octanol–water partition coefficient (Wildman–Crippen LogP) is 0.349. The summed E-state index contributed by atoms with van der Waals surface area (Å²) in [4.78, 5) is 15.7. The molecule has 0 amide bonds. The van der Waals surface area contributed by atoms with Crippen molar-refractivity contribution in [1.29, 1.82) is 0 Å². The van der Waals surface area contributed by atoms with Gasteiger partial charge in [0.2, 0.25) is 0 Å². The first-order chi connectivity index (χ1) is 8.51. The number of carbonyl (C=O) groups is 1. The van der Waals surface area contributed by atoms with Gasteiger partial charge in [0.1, 0.15) is 5.54 Å². The van der Waals surface area contributed by atoms with Gasteiger partial charge in [-0.05, 0) is 45.8 Å². The average molecular weight is 255 g/mol. The normalized spacial score (nSPS) is 34.9. The molecule has 0 aromatic heterocycles. The highest BCUT2D eigenvalue weighted by molar-refractivity contribution is 5.79. The van der Waals surface area contributed by atoms with Gasteiger partial charge >= 0.3 is 5.97 Å². The summed E-state index contributed by atoms with van der Waals surface area (Å²) in [5.74, 6) is -0.861. The molecule has 0 saturated carbocycles. The molecule has 3 N–H and O–H groups in total. The second kappa shape index (κ2) is 5.55. The molecule has 2 atom stereocenters. The summed E-state index contributed by atoms with van der Waals surface area (Å²) in [5, 5.41) is 9.09. The molecular formula is C13H25N3O2. The van der Waals surface area contributed by atoms with Gasteiger partial charge in [0, 0.05) is 19.1 Å². The molecule has 2 fully saturated rings. The highest BCUT2D eigenvalue weighted by Gasteiger charge is 2.41. The predicted molar refractivity (Wildman–Crippen MR) is 70.5 cm³/mol. The number of nitrogens with two attached hydrogens (primary N) is 1. The van der Waals surface area contributed by atoms with Crippen LogP contribution in [0.25, 0.3) is 0 Å². The molecule has 5 heteroatoms. The van der Waals surface area contributed by atoms with E-state index in [1.165, 1.54) is 25.8 Å². The van der Waals surface area contributed by atoms with Gasteiger partial charge in [-0.3, -0.25) is 4.79 Å². The molecule has 2 aliphatic heterocycles. The Hall–Kier alpha value is -0.650. The maximum Gasteiger partial charge on any atom is 0.325 e. The van der Waals surface area contributed by atoms with Crippen molar-refractivity contribution in [2.45, 2.75) is 43.7 Å². The summed E-state index contributed by atoms with van der Waals surface area (Å²) in [6, 6.07) is 0.663. The van der Waals surface area contributed by atoms with Crippen LogP contribution in [0.3, 0.4) is 0 Å². The van der Waals surface area contributed by atoms with Crippen molar-refractivity contribution in [3.8, 4) is 0 Å². The standard InChI is InChI=1S/C13H25N3O2/c1-15-7-3-2-4-11(15)5-8-16-9-6-13(14,10-16)12(17)18/h11H,2-10,14H2,1H3,(H,17,18). The Morgan fingerprint density at radius 3 is 2.83 bits per heavy atom. The lowest BCUT2D eigenvalue weighted by atomic mass is 9.99. The van der Waals surface area contributed by atoms with Crippen LogP contribution in [0.4, 0.5) is 0 Å². The quantitative estimate of drug-likeness (QED) is 0.758. The van der Waals surface area contributed by atoms with Gasteiger partial charge in [-0.1, -0.05) is 6.42 Å². The summed E-state index contributed by atoms with van der Waals surface area (Å²) in [6.45, 7) is 3.49.